The van der Waals surface area contributed by atoms with Crippen molar-refractivity contribution in [2.45, 2.75) is 39.2 Å². The van der Waals surface area contributed by atoms with E-state index in [0.29, 0.717) is 6.42 Å². The van der Waals surface area contributed by atoms with E-state index >= 15 is 0 Å². The molecule has 1 atom stereocenters. The summed E-state index contributed by atoms with van der Waals surface area (Å²) in [5.41, 5.74) is 5.11. The Morgan fingerprint density at radius 1 is 1.24 bits per heavy atom. The van der Waals surface area contributed by atoms with Crippen molar-refractivity contribution in [1.82, 2.24) is 20.0 Å². The number of hydrogen-bond donors (Lipinski definition) is 2. The third-order valence-electron chi connectivity index (χ3n) is 4.72. The molecule has 0 aliphatic carbocycles. The maximum atomic E-state index is 12.4. The van der Waals surface area contributed by atoms with E-state index in [1.165, 1.54) is 0 Å². The molecule has 6 heteroatoms. The summed E-state index contributed by atoms with van der Waals surface area (Å²) in [6.07, 6.45) is 2.23. The molecular formula is C19H21N5O. The van der Waals surface area contributed by atoms with Crippen LogP contribution in [0.2, 0.25) is 0 Å². The molecule has 3 heterocycles. The van der Waals surface area contributed by atoms with Crippen LogP contribution in [-0.4, -0.2) is 25.9 Å². The van der Waals surface area contributed by atoms with Gasteiger partial charge in [0.05, 0.1) is 17.6 Å². The maximum Gasteiger partial charge on any atom is 0.226 e. The number of rotatable bonds is 3. The van der Waals surface area contributed by atoms with Crippen molar-refractivity contribution in [1.29, 1.82) is 0 Å². The first-order valence-corrected chi connectivity index (χ1v) is 8.53. The summed E-state index contributed by atoms with van der Waals surface area (Å²) in [6.45, 7) is 6.13. The molecule has 1 aliphatic rings. The number of aromatic nitrogens is 4. The summed E-state index contributed by atoms with van der Waals surface area (Å²) >= 11 is 0. The second-order valence-corrected chi connectivity index (χ2v) is 6.76. The van der Waals surface area contributed by atoms with Gasteiger partial charge in [0.25, 0.3) is 0 Å². The van der Waals surface area contributed by atoms with Gasteiger partial charge in [0.1, 0.15) is 5.82 Å². The SMILES string of the molecule is Cc1nn(C(C)C)c2c1C(c1cn[nH]c1-c1ccccc1)CC(=O)N2. The van der Waals surface area contributed by atoms with E-state index in [1.807, 2.05) is 48.1 Å². The number of H-pyrrole nitrogens is 1. The van der Waals surface area contributed by atoms with E-state index in [-0.39, 0.29) is 17.9 Å². The second kappa shape index (κ2) is 5.88. The summed E-state index contributed by atoms with van der Waals surface area (Å²) in [6, 6.07) is 10.3. The predicted octanol–water partition coefficient (Wildman–Crippen LogP) is 3.64. The van der Waals surface area contributed by atoms with Gasteiger partial charge in [-0.05, 0) is 26.3 Å². The van der Waals surface area contributed by atoms with Crippen molar-refractivity contribution >= 4 is 11.7 Å². The first kappa shape index (κ1) is 15.6. The molecule has 0 bridgehead atoms. The van der Waals surface area contributed by atoms with E-state index < -0.39 is 0 Å². The van der Waals surface area contributed by atoms with Gasteiger partial charge in [-0.15, -0.1) is 0 Å². The largest absolute Gasteiger partial charge is 0.311 e. The minimum Gasteiger partial charge on any atom is -0.311 e. The zero-order valence-corrected chi connectivity index (χ0v) is 14.6. The summed E-state index contributed by atoms with van der Waals surface area (Å²) in [5, 5.41) is 15.0. The lowest BCUT2D eigenvalue weighted by molar-refractivity contribution is -0.116. The molecule has 1 amide bonds. The minimum absolute atomic E-state index is 0.0134. The third-order valence-corrected chi connectivity index (χ3v) is 4.72. The first-order valence-electron chi connectivity index (χ1n) is 8.53. The lowest BCUT2D eigenvalue weighted by Gasteiger charge is -2.25. The summed E-state index contributed by atoms with van der Waals surface area (Å²) in [5.74, 6) is 0.777. The van der Waals surface area contributed by atoms with Crippen LogP contribution in [-0.2, 0) is 4.79 Å². The number of aryl methyl sites for hydroxylation is 1. The number of hydrogen-bond acceptors (Lipinski definition) is 3. The molecule has 3 aromatic rings. The topological polar surface area (TPSA) is 75.6 Å². The monoisotopic (exact) mass is 335 g/mol. The van der Waals surface area contributed by atoms with Gasteiger partial charge in [0, 0.05) is 29.5 Å². The summed E-state index contributed by atoms with van der Waals surface area (Å²) < 4.78 is 1.90. The number of anilines is 1. The Hall–Kier alpha value is -2.89. The van der Waals surface area contributed by atoms with Gasteiger partial charge in [0.15, 0.2) is 0 Å². The van der Waals surface area contributed by atoms with Crippen molar-refractivity contribution in [2.24, 2.45) is 0 Å². The Kier molecular flexibility index (Phi) is 3.67. The van der Waals surface area contributed by atoms with Gasteiger partial charge in [-0.1, -0.05) is 30.3 Å². The van der Waals surface area contributed by atoms with E-state index in [2.05, 4.69) is 34.5 Å². The summed E-state index contributed by atoms with van der Waals surface area (Å²) in [4.78, 5) is 12.4. The normalized spacial score (nSPS) is 16.8. The number of nitrogens with zero attached hydrogens (tertiary/aromatic N) is 3. The number of aromatic amines is 1. The molecule has 0 spiro atoms. The molecule has 0 fully saturated rings. The van der Waals surface area contributed by atoms with Crippen LogP contribution in [0.3, 0.4) is 0 Å². The zero-order chi connectivity index (χ0) is 17.6. The highest BCUT2D eigenvalue weighted by Crippen LogP contribution is 2.42. The Bertz CT molecular complexity index is 923. The lowest BCUT2D eigenvalue weighted by Crippen LogP contribution is -2.25. The fourth-order valence-corrected chi connectivity index (χ4v) is 3.61. The molecule has 0 radical (unpaired) electrons. The summed E-state index contributed by atoms with van der Waals surface area (Å²) in [7, 11) is 0. The van der Waals surface area contributed by atoms with E-state index in [0.717, 1.165) is 33.9 Å². The Morgan fingerprint density at radius 3 is 2.72 bits per heavy atom. The molecular weight excluding hydrogens is 314 g/mol. The number of fused-ring (bicyclic) bond motifs is 1. The van der Waals surface area contributed by atoms with Gasteiger partial charge < -0.3 is 5.32 Å². The smallest absolute Gasteiger partial charge is 0.226 e. The van der Waals surface area contributed by atoms with Crippen LogP contribution in [0.5, 0.6) is 0 Å². The predicted molar refractivity (Wildman–Crippen MR) is 96.5 cm³/mol. The number of carbonyl (C=O) groups is 1. The van der Waals surface area contributed by atoms with Gasteiger partial charge in [-0.3, -0.25) is 9.89 Å². The molecule has 0 saturated carbocycles. The average molecular weight is 335 g/mol. The molecule has 6 nitrogen and oxygen atoms in total. The van der Waals surface area contributed by atoms with Gasteiger partial charge in [-0.25, -0.2) is 4.68 Å². The Morgan fingerprint density at radius 2 is 2.00 bits per heavy atom. The van der Waals surface area contributed by atoms with Crippen LogP contribution in [0, 0.1) is 6.92 Å². The standard InChI is InChI=1S/C19H21N5O/c1-11(2)24-19-17(12(3)23-24)14(9-16(25)21-19)15-10-20-22-18(15)13-7-5-4-6-8-13/h4-8,10-11,14H,9H2,1-3H3,(H,20,22)(H,21,25). The van der Waals surface area contributed by atoms with Gasteiger partial charge in [0.2, 0.25) is 5.91 Å². The van der Waals surface area contributed by atoms with Crippen LogP contribution in [0.25, 0.3) is 11.3 Å². The van der Waals surface area contributed by atoms with E-state index in [9.17, 15) is 4.79 Å². The second-order valence-electron chi connectivity index (χ2n) is 6.76. The fraction of sp³-hybridized carbons (Fsp3) is 0.316. The van der Waals surface area contributed by atoms with Crippen molar-refractivity contribution in [2.75, 3.05) is 5.32 Å². The fourth-order valence-electron chi connectivity index (χ4n) is 3.61. The quantitative estimate of drug-likeness (QED) is 0.767. The number of amides is 1. The molecule has 2 N–H and O–H groups in total. The van der Waals surface area contributed by atoms with Crippen molar-refractivity contribution in [3.63, 3.8) is 0 Å². The zero-order valence-electron chi connectivity index (χ0n) is 14.6. The highest BCUT2D eigenvalue weighted by Gasteiger charge is 2.34. The van der Waals surface area contributed by atoms with E-state index in [4.69, 9.17) is 0 Å². The number of carbonyl (C=O) groups excluding carboxylic acids is 1. The molecule has 1 unspecified atom stereocenters. The van der Waals surface area contributed by atoms with Gasteiger partial charge >= 0.3 is 0 Å². The minimum atomic E-state index is -0.0507. The van der Waals surface area contributed by atoms with Crippen LogP contribution >= 0.6 is 0 Å². The van der Waals surface area contributed by atoms with Crippen molar-refractivity contribution in [3.05, 3.63) is 53.3 Å². The van der Waals surface area contributed by atoms with Crippen LogP contribution < -0.4 is 5.32 Å². The highest BCUT2D eigenvalue weighted by molar-refractivity contribution is 5.95. The number of benzene rings is 1. The van der Waals surface area contributed by atoms with Crippen molar-refractivity contribution < 1.29 is 4.79 Å². The lowest BCUT2D eigenvalue weighted by atomic mass is 9.85. The molecule has 128 valence electrons. The molecule has 2 aromatic heterocycles. The van der Waals surface area contributed by atoms with Crippen LogP contribution in [0.1, 0.15) is 49.0 Å². The number of nitrogens with one attached hydrogen (secondary N) is 2. The average Bonchev–Trinajstić information content (AvgIpc) is 3.20. The molecule has 4 rings (SSSR count). The Labute approximate surface area is 146 Å². The van der Waals surface area contributed by atoms with Gasteiger partial charge in [-0.2, -0.15) is 10.2 Å². The molecule has 25 heavy (non-hydrogen) atoms. The highest BCUT2D eigenvalue weighted by atomic mass is 16.1. The third kappa shape index (κ3) is 2.54. The van der Waals surface area contributed by atoms with E-state index in [1.54, 1.807) is 0 Å². The molecule has 1 aromatic carbocycles. The molecule has 0 saturated heterocycles. The maximum absolute atomic E-state index is 12.4. The molecule has 1 aliphatic heterocycles. The first-order chi connectivity index (χ1) is 12.1. The van der Waals surface area contributed by atoms with Crippen molar-refractivity contribution in [3.8, 4) is 11.3 Å². The van der Waals surface area contributed by atoms with Crippen LogP contribution in [0.15, 0.2) is 36.5 Å². The van der Waals surface area contributed by atoms with Crippen LogP contribution in [0.4, 0.5) is 5.82 Å². The Balaban J connectivity index is 1.87.